The fraction of sp³-hybridized carbons (Fsp3) is 0.920. The van der Waals surface area contributed by atoms with E-state index < -0.39 is 0 Å². The monoisotopic (exact) mass is 350 g/mol. The summed E-state index contributed by atoms with van der Waals surface area (Å²) in [5, 5.41) is 0. The Morgan fingerprint density at radius 1 is 0.480 bits per heavy atom. The van der Waals surface area contributed by atoms with Crippen molar-refractivity contribution in [3.05, 3.63) is 12.2 Å². The highest BCUT2D eigenvalue weighted by molar-refractivity contribution is 4.81. The average molecular weight is 351 g/mol. The van der Waals surface area contributed by atoms with E-state index >= 15 is 0 Å². The third kappa shape index (κ3) is 21.7. The van der Waals surface area contributed by atoms with Gasteiger partial charge in [-0.25, -0.2) is 0 Å². The Balaban J connectivity index is 3.19. The van der Waals surface area contributed by atoms with E-state index in [1.54, 1.807) is 0 Å². The van der Waals surface area contributed by atoms with Crippen molar-refractivity contribution >= 4 is 0 Å². The lowest BCUT2D eigenvalue weighted by molar-refractivity contribution is 0.434. The molecule has 0 heterocycles. The Kier molecular flexibility index (Phi) is 21.6. The van der Waals surface area contributed by atoms with E-state index in [1.165, 1.54) is 122 Å². The summed E-state index contributed by atoms with van der Waals surface area (Å²) in [6.45, 7) is 7.05. The fourth-order valence-corrected chi connectivity index (χ4v) is 3.63. The first-order valence-electron chi connectivity index (χ1n) is 12.0. The second-order valence-electron chi connectivity index (χ2n) is 8.33. The number of unbranched alkanes of at least 4 members (excludes halogenated alkanes) is 14. The Bertz CT molecular complexity index is 253. The molecule has 0 aliphatic carbocycles. The molecule has 0 spiro atoms. The minimum atomic E-state index is 0.953. The Morgan fingerprint density at radius 2 is 0.840 bits per heavy atom. The number of hydrogen-bond acceptors (Lipinski definition) is 0. The van der Waals surface area contributed by atoms with Gasteiger partial charge in [0.1, 0.15) is 0 Å². The van der Waals surface area contributed by atoms with Gasteiger partial charge in [0, 0.05) is 0 Å². The van der Waals surface area contributed by atoms with E-state index in [9.17, 15) is 0 Å². The first kappa shape index (κ1) is 24.7. The van der Waals surface area contributed by atoms with Crippen LogP contribution in [0.15, 0.2) is 12.2 Å². The van der Waals surface area contributed by atoms with Gasteiger partial charge in [0.05, 0.1) is 0 Å². The molecule has 0 rings (SSSR count). The van der Waals surface area contributed by atoms with Crippen molar-refractivity contribution < 1.29 is 0 Å². The molecular formula is C25H50. The van der Waals surface area contributed by atoms with E-state index in [4.69, 9.17) is 0 Å². The molecule has 0 radical (unpaired) electrons. The SMILES string of the molecule is CCCCC/C=C/CCCCCC(C)CCCCCCCCCCC. The van der Waals surface area contributed by atoms with Crippen LogP contribution in [-0.2, 0) is 0 Å². The highest BCUT2D eigenvalue weighted by Crippen LogP contribution is 2.18. The fourth-order valence-electron chi connectivity index (χ4n) is 3.63. The summed E-state index contributed by atoms with van der Waals surface area (Å²) in [6.07, 6.45) is 31.8. The minimum Gasteiger partial charge on any atom is -0.0885 e. The molecule has 0 saturated heterocycles. The van der Waals surface area contributed by atoms with Crippen LogP contribution in [0.4, 0.5) is 0 Å². The van der Waals surface area contributed by atoms with Gasteiger partial charge in [-0.15, -0.1) is 0 Å². The maximum absolute atomic E-state index is 2.47. The van der Waals surface area contributed by atoms with E-state index in [0.29, 0.717) is 0 Å². The second kappa shape index (κ2) is 21.8. The predicted molar refractivity (Wildman–Crippen MR) is 117 cm³/mol. The van der Waals surface area contributed by atoms with Crippen LogP contribution in [0.5, 0.6) is 0 Å². The van der Waals surface area contributed by atoms with Gasteiger partial charge >= 0.3 is 0 Å². The van der Waals surface area contributed by atoms with Gasteiger partial charge in [-0.3, -0.25) is 0 Å². The van der Waals surface area contributed by atoms with E-state index in [-0.39, 0.29) is 0 Å². The molecule has 0 aromatic carbocycles. The van der Waals surface area contributed by atoms with Gasteiger partial charge < -0.3 is 0 Å². The highest BCUT2D eigenvalue weighted by Gasteiger charge is 2.02. The van der Waals surface area contributed by atoms with Crippen LogP contribution in [0, 0.1) is 5.92 Å². The summed E-state index contributed by atoms with van der Waals surface area (Å²) in [6, 6.07) is 0. The summed E-state index contributed by atoms with van der Waals surface area (Å²) in [4.78, 5) is 0. The molecule has 1 unspecified atom stereocenters. The van der Waals surface area contributed by atoms with Gasteiger partial charge in [0.25, 0.3) is 0 Å². The molecule has 0 fully saturated rings. The summed E-state index contributed by atoms with van der Waals surface area (Å²) in [5.41, 5.74) is 0. The lowest BCUT2D eigenvalue weighted by atomic mass is 9.96. The normalized spacial score (nSPS) is 12.9. The second-order valence-corrected chi connectivity index (χ2v) is 8.33. The van der Waals surface area contributed by atoms with Crippen molar-refractivity contribution in [2.45, 2.75) is 143 Å². The Labute approximate surface area is 161 Å². The summed E-state index contributed by atoms with van der Waals surface area (Å²) < 4.78 is 0. The molecule has 150 valence electrons. The lowest BCUT2D eigenvalue weighted by Gasteiger charge is -2.10. The van der Waals surface area contributed by atoms with Crippen molar-refractivity contribution in [3.63, 3.8) is 0 Å². The lowest BCUT2D eigenvalue weighted by Crippen LogP contribution is -1.95. The number of hydrogen-bond donors (Lipinski definition) is 0. The zero-order valence-corrected chi connectivity index (χ0v) is 18.2. The predicted octanol–water partition coefficient (Wildman–Crippen LogP) is 9.63. The van der Waals surface area contributed by atoms with Gasteiger partial charge in [-0.1, -0.05) is 129 Å². The van der Waals surface area contributed by atoms with Crippen LogP contribution in [-0.4, -0.2) is 0 Å². The number of rotatable bonds is 20. The molecule has 0 saturated carbocycles. The van der Waals surface area contributed by atoms with E-state index in [2.05, 4.69) is 32.9 Å². The van der Waals surface area contributed by atoms with Crippen LogP contribution in [0.2, 0.25) is 0 Å². The van der Waals surface area contributed by atoms with Gasteiger partial charge in [0.2, 0.25) is 0 Å². The third-order valence-electron chi connectivity index (χ3n) is 5.51. The van der Waals surface area contributed by atoms with E-state index in [0.717, 1.165) is 5.92 Å². The molecule has 0 heteroatoms. The van der Waals surface area contributed by atoms with Crippen LogP contribution in [0.1, 0.15) is 143 Å². The topological polar surface area (TPSA) is 0 Å². The van der Waals surface area contributed by atoms with Gasteiger partial charge in [-0.05, 0) is 31.6 Å². The highest BCUT2D eigenvalue weighted by atomic mass is 14.1. The molecular weight excluding hydrogens is 300 g/mol. The quantitative estimate of drug-likeness (QED) is 0.151. The molecule has 0 N–H and O–H groups in total. The van der Waals surface area contributed by atoms with Crippen LogP contribution in [0.3, 0.4) is 0 Å². The maximum Gasteiger partial charge on any atom is -0.0351 e. The minimum absolute atomic E-state index is 0.953. The van der Waals surface area contributed by atoms with Gasteiger partial charge in [0.15, 0.2) is 0 Å². The van der Waals surface area contributed by atoms with Crippen LogP contribution >= 0.6 is 0 Å². The zero-order chi connectivity index (χ0) is 18.4. The first-order valence-corrected chi connectivity index (χ1v) is 12.0. The van der Waals surface area contributed by atoms with Crippen molar-refractivity contribution in [2.75, 3.05) is 0 Å². The maximum atomic E-state index is 2.47. The summed E-state index contributed by atoms with van der Waals surface area (Å²) in [7, 11) is 0. The molecule has 0 nitrogen and oxygen atoms in total. The summed E-state index contributed by atoms with van der Waals surface area (Å²) >= 11 is 0. The third-order valence-corrected chi connectivity index (χ3v) is 5.51. The van der Waals surface area contributed by atoms with Crippen molar-refractivity contribution in [1.29, 1.82) is 0 Å². The molecule has 0 amide bonds. The Morgan fingerprint density at radius 3 is 1.36 bits per heavy atom. The van der Waals surface area contributed by atoms with Crippen molar-refractivity contribution in [3.8, 4) is 0 Å². The van der Waals surface area contributed by atoms with Crippen LogP contribution < -0.4 is 0 Å². The number of allylic oxidation sites excluding steroid dienone is 2. The van der Waals surface area contributed by atoms with Gasteiger partial charge in [-0.2, -0.15) is 0 Å². The molecule has 0 aromatic heterocycles. The van der Waals surface area contributed by atoms with Crippen LogP contribution in [0.25, 0.3) is 0 Å². The van der Waals surface area contributed by atoms with E-state index in [1.807, 2.05) is 0 Å². The van der Waals surface area contributed by atoms with Crippen molar-refractivity contribution in [2.24, 2.45) is 5.92 Å². The molecule has 0 bridgehead atoms. The summed E-state index contributed by atoms with van der Waals surface area (Å²) in [5.74, 6) is 0.953. The molecule has 25 heavy (non-hydrogen) atoms. The molecule has 0 aromatic rings. The molecule has 0 aliphatic rings. The van der Waals surface area contributed by atoms with Crippen molar-refractivity contribution in [1.82, 2.24) is 0 Å². The smallest absolute Gasteiger partial charge is 0.0351 e. The molecule has 0 aliphatic heterocycles. The first-order chi connectivity index (χ1) is 12.3. The average Bonchev–Trinajstić information content (AvgIpc) is 2.62. The standard InChI is InChI=1S/C25H50/c1-4-6-8-10-12-14-16-18-20-22-24-25(3)23-21-19-17-15-13-11-9-7-5-2/h12,14,25H,4-11,13,15-24H2,1-3H3/b14-12+. The molecule has 1 atom stereocenters. The largest absolute Gasteiger partial charge is 0.0885 e. The zero-order valence-electron chi connectivity index (χ0n) is 18.2. The Hall–Kier alpha value is -0.260.